The average Bonchev–Trinajstić information content (AvgIpc) is 2.73. The summed E-state index contributed by atoms with van der Waals surface area (Å²) in [5, 5.41) is 9.59. The molecule has 0 spiro atoms. The van der Waals surface area contributed by atoms with Crippen molar-refractivity contribution in [3.05, 3.63) is 29.6 Å². The molecule has 1 aromatic rings. The van der Waals surface area contributed by atoms with Crippen molar-refractivity contribution in [1.29, 1.82) is 0 Å². The van der Waals surface area contributed by atoms with Crippen LogP contribution in [0.15, 0.2) is 18.2 Å². The molecule has 0 bridgehead atoms. The fourth-order valence-electron chi connectivity index (χ4n) is 2.17. The lowest BCUT2D eigenvalue weighted by atomic mass is 10.1. The molecule has 3 nitrogen and oxygen atoms in total. The molecule has 1 saturated heterocycles. The molecule has 1 aliphatic rings. The minimum atomic E-state index is -0.751. The molecule has 2 unspecified atom stereocenters. The number of hydrogen-bond acceptors (Lipinski definition) is 3. The van der Waals surface area contributed by atoms with Gasteiger partial charge in [-0.1, -0.05) is 0 Å². The maximum absolute atomic E-state index is 13.1. The van der Waals surface area contributed by atoms with Gasteiger partial charge >= 0.3 is 0 Å². The Morgan fingerprint density at radius 3 is 2.89 bits per heavy atom. The van der Waals surface area contributed by atoms with Crippen molar-refractivity contribution in [3.8, 4) is 5.75 Å². The third-order valence-electron chi connectivity index (χ3n) is 3.17. The molecular formula is C14H19FO3. The van der Waals surface area contributed by atoms with E-state index >= 15 is 0 Å². The van der Waals surface area contributed by atoms with Crippen LogP contribution >= 0.6 is 0 Å². The van der Waals surface area contributed by atoms with Gasteiger partial charge in [0.15, 0.2) is 0 Å². The van der Waals surface area contributed by atoms with Crippen LogP contribution in [0.5, 0.6) is 5.75 Å². The van der Waals surface area contributed by atoms with Gasteiger partial charge in [-0.3, -0.25) is 0 Å². The number of aliphatic hydroxyl groups is 1. The highest BCUT2D eigenvalue weighted by atomic mass is 19.1. The summed E-state index contributed by atoms with van der Waals surface area (Å²) < 4.78 is 24.4. The van der Waals surface area contributed by atoms with Crippen LogP contribution in [0.3, 0.4) is 0 Å². The van der Waals surface area contributed by atoms with Crippen LogP contribution in [0.25, 0.3) is 0 Å². The normalized spacial score (nSPS) is 25.1. The first-order chi connectivity index (χ1) is 8.56. The number of aliphatic hydroxyl groups excluding tert-OH is 1. The largest absolute Gasteiger partial charge is 0.490 e. The highest BCUT2D eigenvalue weighted by molar-refractivity contribution is 5.35. The Kier molecular flexibility index (Phi) is 4.19. The van der Waals surface area contributed by atoms with Gasteiger partial charge < -0.3 is 14.6 Å². The zero-order valence-corrected chi connectivity index (χ0v) is 10.7. The second-order valence-corrected chi connectivity index (χ2v) is 4.82. The van der Waals surface area contributed by atoms with E-state index < -0.39 is 6.10 Å². The van der Waals surface area contributed by atoms with Crippen LogP contribution in [-0.2, 0) is 4.74 Å². The van der Waals surface area contributed by atoms with Crippen LogP contribution in [0.4, 0.5) is 4.39 Å². The van der Waals surface area contributed by atoms with Crippen molar-refractivity contribution in [1.82, 2.24) is 0 Å². The van der Waals surface area contributed by atoms with Crippen LogP contribution < -0.4 is 4.74 Å². The monoisotopic (exact) mass is 254 g/mol. The van der Waals surface area contributed by atoms with Gasteiger partial charge in [-0.15, -0.1) is 0 Å². The van der Waals surface area contributed by atoms with Gasteiger partial charge in [0.2, 0.25) is 0 Å². The van der Waals surface area contributed by atoms with Crippen molar-refractivity contribution < 1.29 is 19.0 Å². The molecule has 0 aromatic heterocycles. The van der Waals surface area contributed by atoms with Gasteiger partial charge in [-0.25, -0.2) is 4.39 Å². The molecule has 1 aromatic carbocycles. The Balaban J connectivity index is 2.00. The first-order valence-corrected chi connectivity index (χ1v) is 6.32. The van der Waals surface area contributed by atoms with Gasteiger partial charge in [0.25, 0.3) is 0 Å². The van der Waals surface area contributed by atoms with E-state index in [0.29, 0.717) is 17.9 Å². The van der Waals surface area contributed by atoms with E-state index in [2.05, 4.69) is 0 Å². The Labute approximate surface area is 107 Å². The van der Waals surface area contributed by atoms with Gasteiger partial charge in [0.05, 0.1) is 18.3 Å². The predicted molar refractivity (Wildman–Crippen MR) is 66.1 cm³/mol. The van der Waals surface area contributed by atoms with E-state index in [4.69, 9.17) is 9.47 Å². The summed E-state index contributed by atoms with van der Waals surface area (Å²) in [5.74, 6) is 0.151. The van der Waals surface area contributed by atoms with Crippen LogP contribution in [-0.4, -0.2) is 23.9 Å². The Morgan fingerprint density at radius 1 is 1.50 bits per heavy atom. The van der Waals surface area contributed by atoms with E-state index in [0.717, 1.165) is 12.8 Å². The lowest BCUT2D eigenvalue weighted by Crippen LogP contribution is -2.18. The van der Waals surface area contributed by atoms with Crippen molar-refractivity contribution in [2.45, 2.75) is 45.0 Å². The highest BCUT2D eigenvalue weighted by Gasteiger charge is 2.22. The zero-order chi connectivity index (χ0) is 13.1. The number of hydrogen-bond donors (Lipinski definition) is 1. The van der Waals surface area contributed by atoms with Crippen LogP contribution in [0.1, 0.15) is 38.4 Å². The molecule has 1 aliphatic heterocycles. The number of halogens is 1. The van der Waals surface area contributed by atoms with E-state index in [-0.39, 0.29) is 18.0 Å². The van der Waals surface area contributed by atoms with E-state index in [1.165, 1.54) is 12.1 Å². The molecule has 2 rings (SSSR count). The summed E-state index contributed by atoms with van der Waals surface area (Å²) >= 11 is 0. The van der Waals surface area contributed by atoms with E-state index in [1.54, 1.807) is 13.0 Å². The van der Waals surface area contributed by atoms with E-state index in [1.807, 2.05) is 6.92 Å². The Bertz CT molecular complexity index is 406. The molecule has 100 valence electrons. The summed E-state index contributed by atoms with van der Waals surface area (Å²) in [6, 6.07) is 4.19. The van der Waals surface area contributed by atoms with Gasteiger partial charge in [0.1, 0.15) is 18.2 Å². The number of benzene rings is 1. The maximum atomic E-state index is 13.1. The molecule has 0 radical (unpaired) electrons. The molecule has 4 heteroatoms. The minimum Gasteiger partial charge on any atom is -0.490 e. The van der Waals surface area contributed by atoms with Crippen molar-refractivity contribution in [3.63, 3.8) is 0 Å². The van der Waals surface area contributed by atoms with Gasteiger partial charge in [0, 0.05) is 5.56 Å². The molecule has 1 heterocycles. The lowest BCUT2D eigenvalue weighted by molar-refractivity contribution is 0.0256. The quantitative estimate of drug-likeness (QED) is 0.898. The smallest absolute Gasteiger partial charge is 0.125 e. The summed E-state index contributed by atoms with van der Waals surface area (Å²) in [6.07, 6.45) is 1.64. The molecule has 3 atom stereocenters. The molecule has 18 heavy (non-hydrogen) atoms. The van der Waals surface area contributed by atoms with Gasteiger partial charge in [-0.05, 0) is 44.9 Å². The summed E-state index contributed by atoms with van der Waals surface area (Å²) in [6.45, 7) is 4.07. The maximum Gasteiger partial charge on any atom is 0.125 e. The minimum absolute atomic E-state index is 0.0897. The zero-order valence-electron chi connectivity index (χ0n) is 10.7. The topological polar surface area (TPSA) is 38.7 Å². The van der Waals surface area contributed by atoms with E-state index in [9.17, 15) is 9.50 Å². The SMILES string of the molecule is CC1CCC(COc2ccc(F)cc2[C@H](C)O)O1. The standard InChI is InChI=1S/C14H19FO3/c1-9-3-5-12(18-9)8-17-14-6-4-11(15)7-13(14)10(2)16/h4,6-7,9-10,12,16H,3,5,8H2,1-2H3/t9?,10-,12?/m0/s1. The average molecular weight is 254 g/mol. The molecule has 0 saturated carbocycles. The van der Waals surface area contributed by atoms with Crippen molar-refractivity contribution in [2.24, 2.45) is 0 Å². The van der Waals surface area contributed by atoms with Crippen molar-refractivity contribution in [2.75, 3.05) is 6.61 Å². The molecule has 1 N–H and O–H groups in total. The first kappa shape index (κ1) is 13.3. The fraction of sp³-hybridized carbons (Fsp3) is 0.571. The number of ether oxygens (including phenoxy) is 2. The van der Waals surface area contributed by atoms with Crippen molar-refractivity contribution >= 4 is 0 Å². The second-order valence-electron chi connectivity index (χ2n) is 4.82. The van der Waals surface area contributed by atoms with Gasteiger partial charge in [-0.2, -0.15) is 0 Å². The third kappa shape index (κ3) is 3.21. The lowest BCUT2D eigenvalue weighted by Gasteiger charge is -2.16. The first-order valence-electron chi connectivity index (χ1n) is 6.32. The Morgan fingerprint density at radius 2 is 2.28 bits per heavy atom. The highest BCUT2D eigenvalue weighted by Crippen LogP contribution is 2.27. The second kappa shape index (κ2) is 5.67. The third-order valence-corrected chi connectivity index (χ3v) is 3.17. The fourth-order valence-corrected chi connectivity index (χ4v) is 2.17. The molecular weight excluding hydrogens is 235 g/mol. The predicted octanol–water partition coefficient (Wildman–Crippen LogP) is 2.83. The van der Waals surface area contributed by atoms with Crippen LogP contribution in [0, 0.1) is 5.82 Å². The summed E-state index contributed by atoms with van der Waals surface area (Å²) in [7, 11) is 0. The molecule has 1 fully saturated rings. The summed E-state index contributed by atoms with van der Waals surface area (Å²) in [5.41, 5.74) is 0.473. The molecule has 0 amide bonds. The molecule has 0 aliphatic carbocycles. The summed E-state index contributed by atoms with van der Waals surface area (Å²) in [4.78, 5) is 0. The van der Waals surface area contributed by atoms with Crippen LogP contribution in [0.2, 0.25) is 0 Å². The Hall–Kier alpha value is -1.13. The number of rotatable bonds is 4.